The van der Waals surface area contributed by atoms with Crippen molar-refractivity contribution in [3.63, 3.8) is 0 Å². The maximum atomic E-state index is 12.5. The van der Waals surface area contributed by atoms with E-state index >= 15 is 0 Å². The quantitative estimate of drug-likeness (QED) is 0.478. The van der Waals surface area contributed by atoms with Crippen LogP contribution in [0, 0.1) is 6.92 Å². The molecule has 0 spiro atoms. The third kappa shape index (κ3) is 5.08. The highest BCUT2D eigenvalue weighted by Gasteiger charge is 2.22. The molecule has 166 valence electrons. The van der Waals surface area contributed by atoms with E-state index in [1.807, 2.05) is 18.3 Å². The second kappa shape index (κ2) is 9.55. The number of H-pyrrole nitrogens is 1. The molecule has 0 unspecified atom stereocenters. The maximum Gasteiger partial charge on any atom is 0.315 e. The normalized spacial score (nSPS) is 13.7. The summed E-state index contributed by atoms with van der Waals surface area (Å²) in [6.45, 7) is 4.02. The van der Waals surface area contributed by atoms with Gasteiger partial charge in [-0.3, -0.25) is 9.59 Å². The van der Waals surface area contributed by atoms with E-state index in [1.165, 1.54) is 21.4 Å². The monoisotopic (exact) mass is 433 g/mol. The average molecular weight is 434 g/mol. The summed E-state index contributed by atoms with van der Waals surface area (Å²) >= 11 is 0. The summed E-state index contributed by atoms with van der Waals surface area (Å²) < 4.78 is 0. The van der Waals surface area contributed by atoms with Gasteiger partial charge in [0.2, 0.25) is 5.91 Å². The zero-order valence-corrected chi connectivity index (χ0v) is 18.0. The number of hydrogen-bond donors (Lipinski definition) is 4. The van der Waals surface area contributed by atoms with E-state index in [-0.39, 0.29) is 24.4 Å². The molecular formula is C24H27N5O3. The summed E-state index contributed by atoms with van der Waals surface area (Å²) in [5.74, 6) is -0.305. The molecular weight excluding hydrogens is 406 g/mol. The molecule has 4 amide bonds. The summed E-state index contributed by atoms with van der Waals surface area (Å²) in [6, 6.07) is 13.1. The number of benzene rings is 2. The summed E-state index contributed by atoms with van der Waals surface area (Å²) in [4.78, 5) is 40.9. The van der Waals surface area contributed by atoms with E-state index in [1.54, 1.807) is 12.1 Å². The molecule has 0 saturated carbocycles. The standard InChI is InChI=1S/C24H27N5O3/c1-16-2-7-20-19(14-27-21(20)12-16)8-9-26-24(32)28-13-17-3-5-18(6-4-17)23(31)29-11-10-25-22(30)15-29/h2-7,12,14,27H,8-11,13,15H2,1H3,(H,25,30)(H2,26,28,32). The Morgan fingerprint density at radius 1 is 1.09 bits per heavy atom. The van der Waals surface area contributed by atoms with Gasteiger partial charge in [0, 0.05) is 48.8 Å². The van der Waals surface area contributed by atoms with Gasteiger partial charge in [-0.05, 0) is 48.2 Å². The van der Waals surface area contributed by atoms with Crippen molar-refractivity contribution in [2.24, 2.45) is 0 Å². The number of piperazine rings is 1. The van der Waals surface area contributed by atoms with E-state index in [4.69, 9.17) is 0 Å². The maximum absolute atomic E-state index is 12.5. The number of nitrogens with one attached hydrogen (secondary N) is 4. The van der Waals surface area contributed by atoms with E-state index in [0.29, 0.717) is 31.7 Å². The first-order valence-corrected chi connectivity index (χ1v) is 10.7. The lowest BCUT2D eigenvalue weighted by atomic mass is 10.1. The van der Waals surface area contributed by atoms with Crippen LogP contribution in [0.1, 0.15) is 27.0 Å². The molecule has 1 aliphatic heterocycles. The minimum atomic E-state index is -0.236. The average Bonchev–Trinajstić information content (AvgIpc) is 3.19. The van der Waals surface area contributed by atoms with Crippen LogP contribution in [-0.2, 0) is 17.8 Å². The minimum Gasteiger partial charge on any atom is -0.361 e. The van der Waals surface area contributed by atoms with Crippen LogP contribution >= 0.6 is 0 Å². The number of carbonyl (C=O) groups is 3. The number of nitrogens with zero attached hydrogens (tertiary/aromatic N) is 1. The van der Waals surface area contributed by atoms with Crippen molar-refractivity contribution in [3.05, 3.63) is 70.9 Å². The Kier molecular flexibility index (Phi) is 6.39. The molecule has 2 aromatic carbocycles. The fourth-order valence-electron chi connectivity index (χ4n) is 3.82. The van der Waals surface area contributed by atoms with Crippen LogP contribution in [0.5, 0.6) is 0 Å². The number of hydrogen-bond acceptors (Lipinski definition) is 3. The molecule has 0 aliphatic carbocycles. The van der Waals surface area contributed by atoms with Crippen LogP contribution in [0.15, 0.2) is 48.7 Å². The predicted molar refractivity (Wildman–Crippen MR) is 122 cm³/mol. The first-order valence-electron chi connectivity index (χ1n) is 10.7. The zero-order valence-electron chi connectivity index (χ0n) is 18.0. The number of fused-ring (bicyclic) bond motifs is 1. The number of amides is 4. The third-order valence-electron chi connectivity index (χ3n) is 5.58. The lowest BCUT2D eigenvalue weighted by Crippen LogP contribution is -2.49. The Balaban J connectivity index is 1.22. The Morgan fingerprint density at radius 2 is 1.91 bits per heavy atom. The third-order valence-corrected chi connectivity index (χ3v) is 5.58. The van der Waals surface area contributed by atoms with Gasteiger partial charge in [-0.25, -0.2) is 4.79 Å². The first-order chi connectivity index (χ1) is 15.5. The second-order valence-electron chi connectivity index (χ2n) is 8.00. The van der Waals surface area contributed by atoms with Crippen molar-refractivity contribution in [3.8, 4) is 0 Å². The van der Waals surface area contributed by atoms with Gasteiger partial charge >= 0.3 is 6.03 Å². The Labute approximate surface area is 186 Å². The molecule has 32 heavy (non-hydrogen) atoms. The smallest absolute Gasteiger partial charge is 0.315 e. The van der Waals surface area contributed by atoms with Crippen LogP contribution < -0.4 is 16.0 Å². The van der Waals surface area contributed by atoms with Gasteiger partial charge in [-0.1, -0.05) is 24.3 Å². The summed E-state index contributed by atoms with van der Waals surface area (Å²) in [7, 11) is 0. The lowest BCUT2D eigenvalue weighted by Gasteiger charge is -2.26. The van der Waals surface area contributed by atoms with Gasteiger partial charge in [0.25, 0.3) is 5.91 Å². The molecule has 4 N–H and O–H groups in total. The largest absolute Gasteiger partial charge is 0.361 e. The molecule has 0 radical (unpaired) electrons. The van der Waals surface area contributed by atoms with Gasteiger partial charge in [-0.15, -0.1) is 0 Å². The Morgan fingerprint density at radius 3 is 2.69 bits per heavy atom. The molecule has 2 heterocycles. The highest BCUT2D eigenvalue weighted by molar-refractivity contribution is 5.97. The lowest BCUT2D eigenvalue weighted by molar-refractivity contribution is -0.123. The molecule has 1 aliphatic rings. The highest BCUT2D eigenvalue weighted by Crippen LogP contribution is 2.19. The molecule has 0 atom stereocenters. The van der Waals surface area contributed by atoms with Crippen LogP contribution in [0.2, 0.25) is 0 Å². The predicted octanol–water partition coefficient (Wildman–Crippen LogP) is 2.09. The Bertz CT molecular complexity index is 1140. The molecule has 8 nitrogen and oxygen atoms in total. The van der Waals surface area contributed by atoms with Crippen molar-refractivity contribution < 1.29 is 14.4 Å². The highest BCUT2D eigenvalue weighted by atomic mass is 16.2. The number of urea groups is 1. The van der Waals surface area contributed by atoms with E-state index in [2.05, 4.69) is 46.1 Å². The number of aromatic amines is 1. The SMILES string of the molecule is Cc1ccc2c(CCNC(=O)NCc3ccc(C(=O)N4CCNC(=O)C4)cc3)c[nH]c2c1. The van der Waals surface area contributed by atoms with Crippen molar-refractivity contribution >= 4 is 28.7 Å². The second-order valence-corrected chi connectivity index (χ2v) is 8.00. The van der Waals surface area contributed by atoms with Gasteiger partial charge in [0.15, 0.2) is 0 Å². The topological polar surface area (TPSA) is 106 Å². The van der Waals surface area contributed by atoms with Crippen molar-refractivity contribution in [2.75, 3.05) is 26.2 Å². The zero-order chi connectivity index (χ0) is 22.5. The van der Waals surface area contributed by atoms with E-state index in [0.717, 1.165) is 17.5 Å². The van der Waals surface area contributed by atoms with Gasteiger partial charge in [0.05, 0.1) is 6.54 Å². The summed E-state index contributed by atoms with van der Waals surface area (Å²) in [5, 5.41) is 9.60. The summed E-state index contributed by atoms with van der Waals surface area (Å²) in [5.41, 5.74) is 4.91. The molecule has 8 heteroatoms. The van der Waals surface area contributed by atoms with Crippen LogP contribution in [0.25, 0.3) is 10.9 Å². The molecule has 1 fully saturated rings. The van der Waals surface area contributed by atoms with E-state index < -0.39 is 0 Å². The molecule has 0 bridgehead atoms. The molecule has 3 aromatic rings. The molecule has 1 aromatic heterocycles. The molecule has 4 rings (SSSR count). The number of aryl methyl sites for hydroxylation is 1. The molecule has 1 saturated heterocycles. The summed E-state index contributed by atoms with van der Waals surface area (Å²) in [6.07, 6.45) is 2.73. The van der Waals surface area contributed by atoms with Crippen molar-refractivity contribution in [2.45, 2.75) is 19.9 Å². The number of rotatable bonds is 6. The first kappa shape index (κ1) is 21.4. The number of aromatic nitrogens is 1. The van der Waals surface area contributed by atoms with Crippen LogP contribution in [0.4, 0.5) is 4.79 Å². The van der Waals surface area contributed by atoms with Crippen molar-refractivity contribution in [1.29, 1.82) is 0 Å². The van der Waals surface area contributed by atoms with E-state index in [9.17, 15) is 14.4 Å². The Hall–Kier alpha value is -3.81. The van der Waals surface area contributed by atoms with Gasteiger partial charge in [-0.2, -0.15) is 0 Å². The van der Waals surface area contributed by atoms with Gasteiger partial charge in [0.1, 0.15) is 0 Å². The fourth-order valence-corrected chi connectivity index (χ4v) is 3.82. The van der Waals surface area contributed by atoms with Crippen LogP contribution in [0.3, 0.4) is 0 Å². The van der Waals surface area contributed by atoms with Crippen LogP contribution in [-0.4, -0.2) is 53.9 Å². The number of carbonyl (C=O) groups excluding carboxylic acids is 3. The fraction of sp³-hybridized carbons (Fsp3) is 0.292. The van der Waals surface area contributed by atoms with Crippen molar-refractivity contribution in [1.82, 2.24) is 25.8 Å². The van der Waals surface area contributed by atoms with Gasteiger partial charge < -0.3 is 25.8 Å². The minimum absolute atomic E-state index is 0.0838.